The van der Waals surface area contributed by atoms with Crippen LogP contribution in [0.4, 0.5) is 0 Å². The molecule has 0 saturated heterocycles. The zero-order valence-electron chi connectivity index (χ0n) is 6.20. The lowest BCUT2D eigenvalue weighted by Crippen LogP contribution is -2.09. The van der Waals surface area contributed by atoms with Gasteiger partial charge in [-0.25, -0.2) is 4.79 Å². The zero-order valence-corrected chi connectivity index (χ0v) is 7.79. The van der Waals surface area contributed by atoms with Crippen molar-refractivity contribution in [3.05, 3.63) is 10.2 Å². The molecule has 0 bridgehead atoms. The number of aryl methyl sites for hydroxylation is 1. The second kappa shape index (κ2) is 3.57. The molecule has 0 spiro atoms. The predicted octanol–water partition coefficient (Wildman–Crippen LogP) is 1.21. The lowest BCUT2D eigenvalue weighted by Gasteiger charge is -1.96. The van der Waals surface area contributed by atoms with Gasteiger partial charge in [-0.2, -0.15) is 0 Å². The number of nitrogens with zero attached hydrogens (tertiary/aromatic N) is 1. The van der Waals surface area contributed by atoms with Crippen LogP contribution in [0.2, 0.25) is 0 Å². The van der Waals surface area contributed by atoms with Gasteiger partial charge in [-0.15, -0.1) is 0 Å². The van der Waals surface area contributed by atoms with E-state index in [1.54, 1.807) is 6.92 Å². The van der Waals surface area contributed by atoms with Crippen molar-refractivity contribution in [1.29, 1.82) is 0 Å². The summed E-state index contributed by atoms with van der Waals surface area (Å²) in [5, 5.41) is 11.8. The summed E-state index contributed by atoms with van der Waals surface area (Å²) in [6.07, 6.45) is 0. The maximum Gasteiger partial charge on any atom is 0.341 e. The van der Waals surface area contributed by atoms with Crippen LogP contribution in [-0.4, -0.2) is 22.8 Å². The summed E-state index contributed by atoms with van der Waals surface area (Å²) in [7, 11) is 0. The number of ether oxygens (including phenoxy) is 1. The summed E-state index contributed by atoms with van der Waals surface area (Å²) >= 11 is 3.13. The standard InChI is InChI=1S/C6H6BrNO4/c1-3-5(7)6(8-12-3)11-2-4(9)10/h2H2,1H3,(H,9,10). The van der Waals surface area contributed by atoms with E-state index in [4.69, 9.17) is 14.4 Å². The molecule has 0 aliphatic rings. The number of hydrogen-bond acceptors (Lipinski definition) is 4. The molecule has 1 rings (SSSR count). The second-order valence-electron chi connectivity index (χ2n) is 2.04. The van der Waals surface area contributed by atoms with Crippen LogP contribution in [0.3, 0.4) is 0 Å². The van der Waals surface area contributed by atoms with E-state index in [1.807, 2.05) is 0 Å². The van der Waals surface area contributed by atoms with E-state index in [2.05, 4.69) is 21.1 Å². The van der Waals surface area contributed by atoms with E-state index < -0.39 is 12.6 Å². The fourth-order valence-electron chi connectivity index (χ4n) is 0.560. The van der Waals surface area contributed by atoms with Crippen molar-refractivity contribution < 1.29 is 19.2 Å². The number of aliphatic carboxylic acids is 1. The molecule has 0 unspecified atom stereocenters. The van der Waals surface area contributed by atoms with E-state index in [9.17, 15) is 4.79 Å². The van der Waals surface area contributed by atoms with Crippen molar-refractivity contribution in [1.82, 2.24) is 5.16 Å². The van der Waals surface area contributed by atoms with Crippen LogP contribution in [0.1, 0.15) is 5.76 Å². The van der Waals surface area contributed by atoms with Gasteiger partial charge in [-0.05, 0) is 28.0 Å². The highest BCUT2D eigenvalue weighted by Crippen LogP contribution is 2.26. The number of rotatable bonds is 3. The predicted molar refractivity (Wildman–Crippen MR) is 42.1 cm³/mol. The van der Waals surface area contributed by atoms with Gasteiger partial charge in [0.25, 0.3) is 5.88 Å². The Balaban J connectivity index is 2.63. The summed E-state index contributed by atoms with van der Waals surface area (Å²) in [6, 6.07) is 0. The van der Waals surface area contributed by atoms with Crippen LogP contribution >= 0.6 is 15.9 Å². The third-order valence-corrected chi connectivity index (χ3v) is 1.99. The molecular weight excluding hydrogens is 230 g/mol. The first kappa shape index (κ1) is 9.05. The highest BCUT2D eigenvalue weighted by atomic mass is 79.9. The van der Waals surface area contributed by atoms with E-state index in [-0.39, 0.29) is 5.88 Å². The minimum absolute atomic E-state index is 0.162. The summed E-state index contributed by atoms with van der Waals surface area (Å²) in [4.78, 5) is 10.1. The van der Waals surface area contributed by atoms with Crippen molar-refractivity contribution in [2.45, 2.75) is 6.92 Å². The summed E-state index contributed by atoms with van der Waals surface area (Å²) in [5.41, 5.74) is 0. The molecule has 0 aliphatic heterocycles. The number of aromatic nitrogens is 1. The van der Waals surface area contributed by atoms with Gasteiger partial charge >= 0.3 is 5.97 Å². The van der Waals surface area contributed by atoms with Crippen molar-refractivity contribution in [2.24, 2.45) is 0 Å². The molecule has 1 heterocycles. The van der Waals surface area contributed by atoms with Gasteiger partial charge in [-0.1, -0.05) is 0 Å². The molecule has 0 atom stereocenters. The van der Waals surface area contributed by atoms with E-state index in [1.165, 1.54) is 0 Å². The minimum atomic E-state index is -1.05. The van der Waals surface area contributed by atoms with Crippen LogP contribution in [-0.2, 0) is 4.79 Å². The first-order valence-electron chi connectivity index (χ1n) is 3.07. The molecular formula is C6H6BrNO4. The van der Waals surface area contributed by atoms with Crippen LogP contribution < -0.4 is 4.74 Å². The van der Waals surface area contributed by atoms with Gasteiger partial charge in [0, 0.05) is 0 Å². The highest BCUT2D eigenvalue weighted by molar-refractivity contribution is 9.10. The molecule has 0 saturated carbocycles. The first-order valence-corrected chi connectivity index (χ1v) is 3.87. The number of carboxylic acid groups (broad SMARTS) is 1. The van der Waals surface area contributed by atoms with Crippen LogP contribution in [0, 0.1) is 6.92 Å². The lowest BCUT2D eigenvalue weighted by molar-refractivity contribution is -0.139. The Bertz CT molecular complexity index is 296. The summed E-state index contributed by atoms with van der Waals surface area (Å²) in [5.74, 6) is -0.340. The molecule has 66 valence electrons. The smallest absolute Gasteiger partial charge is 0.341 e. The molecule has 0 fully saturated rings. The molecule has 1 N–H and O–H groups in total. The van der Waals surface area contributed by atoms with Gasteiger partial charge < -0.3 is 14.4 Å². The molecule has 0 aromatic carbocycles. The van der Waals surface area contributed by atoms with Gasteiger partial charge in [0.15, 0.2) is 12.4 Å². The molecule has 1 aromatic rings. The Labute approximate surface area is 76.4 Å². The molecule has 5 nitrogen and oxygen atoms in total. The average Bonchev–Trinajstić information content (AvgIpc) is 2.30. The van der Waals surface area contributed by atoms with Gasteiger partial charge in [0.2, 0.25) is 0 Å². The van der Waals surface area contributed by atoms with Crippen LogP contribution in [0.15, 0.2) is 9.00 Å². The lowest BCUT2D eigenvalue weighted by atomic mass is 10.5. The van der Waals surface area contributed by atoms with Crippen molar-refractivity contribution in [3.8, 4) is 5.88 Å². The van der Waals surface area contributed by atoms with Crippen molar-refractivity contribution >= 4 is 21.9 Å². The minimum Gasteiger partial charge on any atom is -0.479 e. The van der Waals surface area contributed by atoms with Crippen molar-refractivity contribution in [2.75, 3.05) is 6.61 Å². The number of halogens is 1. The quantitative estimate of drug-likeness (QED) is 0.853. The molecule has 12 heavy (non-hydrogen) atoms. The molecule has 0 aliphatic carbocycles. The largest absolute Gasteiger partial charge is 0.479 e. The topological polar surface area (TPSA) is 72.6 Å². The fourth-order valence-corrected chi connectivity index (χ4v) is 0.820. The molecule has 0 radical (unpaired) electrons. The Kier molecular flexibility index (Phi) is 2.69. The van der Waals surface area contributed by atoms with Crippen LogP contribution in [0.5, 0.6) is 5.88 Å². The maximum absolute atomic E-state index is 10.1. The second-order valence-corrected chi connectivity index (χ2v) is 2.83. The van der Waals surface area contributed by atoms with Crippen molar-refractivity contribution in [3.63, 3.8) is 0 Å². The summed E-state index contributed by atoms with van der Waals surface area (Å²) in [6.45, 7) is 1.26. The van der Waals surface area contributed by atoms with Crippen LogP contribution in [0.25, 0.3) is 0 Å². The molecule has 0 amide bonds. The van der Waals surface area contributed by atoms with Gasteiger partial charge in [0.05, 0.1) is 0 Å². The normalized spacial score (nSPS) is 9.83. The van der Waals surface area contributed by atoms with E-state index in [0.29, 0.717) is 10.2 Å². The Hall–Kier alpha value is -1.04. The highest BCUT2D eigenvalue weighted by Gasteiger charge is 2.11. The monoisotopic (exact) mass is 235 g/mol. The Morgan fingerprint density at radius 2 is 2.50 bits per heavy atom. The van der Waals surface area contributed by atoms with Gasteiger partial charge in [-0.3, -0.25) is 0 Å². The zero-order chi connectivity index (χ0) is 9.14. The third kappa shape index (κ3) is 1.97. The average molecular weight is 236 g/mol. The summed E-state index contributed by atoms with van der Waals surface area (Å²) < 4.78 is 10.0. The third-order valence-electron chi connectivity index (χ3n) is 1.09. The molecule has 6 heteroatoms. The maximum atomic E-state index is 10.1. The Morgan fingerprint density at radius 1 is 1.83 bits per heavy atom. The Morgan fingerprint density at radius 3 is 2.92 bits per heavy atom. The fraction of sp³-hybridized carbons (Fsp3) is 0.333. The van der Waals surface area contributed by atoms with E-state index >= 15 is 0 Å². The number of carbonyl (C=O) groups is 1. The molecule has 1 aromatic heterocycles. The van der Waals surface area contributed by atoms with Gasteiger partial charge in [0.1, 0.15) is 4.47 Å². The van der Waals surface area contributed by atoms with E-state index in [0.717, 1.165) is 0 Å². The SMILES string of the molecule is Cc1onc(OCC(=O)O)c1Br. The number of hydrogen-bond donors (Lipinski definition) is 1. The first-order chi connectivity index (χ1) is 5.61. The number of carboxylic acids is 1.